The molecule has 4 aromatic heterocycles. The third-order valence-electron chi connectivity index (χ3n) is 6.47. The maximum absolute atomic E-state index is 9.48. The lowest BCUT2D eigenvalue weighted by molar-refractivity contribution is 0.126. The highest BCUT2D eigenvalue weighted by molar-refractivity contribution is 5.93. The average molecular weight is 457 g/mol. The van der Waals surface area contributed by atoms with Crippen molar-refractivity contribution in [3.05, 3.63) is 49.1 Å². The van der Waals surface area contributed by atoms with Crippen LogP contribution in [0.2, 0.25) is 0 Å². The molecule has 0 bridgehead atoms. The first kappa shape index (κ1) is 21.9. The molecule has 0 radical (unpaired) electrons. The van der Waals surface area contributed by atoms with Crippen LogP contribution in [0.25, 0.3) is 22.2 Å². The summed E-state index contributed by atoms with van der Waals surface area (Å²) in [4.78, 5) is 8.82. The third-order valence-corrected chi connectivity index (χ3v) is 6.47. The highest BCUT2D eigenvalue weighted by atomic mass is 16.5. The number of fused-ring (bicyclic) bond motifs is 1. The Bertz CT molecular complexity index is 1330. The molecule has 0 saturated heterocycles. The minimum Gasteiger partial charge on any atom is -0.474 e. The zero-order valence-corrected chi connectivity index (χ0v) is 19.6. The number of nitriles is 1. The highest BCUT2D eigenvalue weighted by Gasteiger charge is 2.28. The lowest BCUT2D eigenvalue weighted by Gasteiger charge is -2.29. The maximum atomic E-state index is 9.48. The van der Waals surface area contributed by atoms with Crippen molar-refractivity contribution in [2.24, 2.45) is 0 Å². The van der Waals surface area contributed by atoms with E-state index in [1.807, 2.05) is 57.6 Å². The van der Waals surface area contributed by atoms with Gasteiger partial charge < -0.3 is 10.1 Å². The Morgan fingerprint density at radius 2 is 1.97 bits per heavy atom. The molecule has 1 N–H and O–H groups in total. The highest BCUT2D eigenvalue weighted by Crippen LogP contribution is 2.36. The molecular weight excluding hydrogens is 428 g/mol. The third kappa shape index (κ3) is 4.07. The van der Waals surface area contributed by atoms with Gasteiger partial charge in [0.05, 0.1) is 23.8 Å². The van der Waals surface area contributed by atoms with Crippen molar-refractivity contribution < 1.29 is 4.74 Å². The lowest BCUT2D eigenvalue weighted by atomic mass is 9.93. The van der Waals surface area contributed by atoms with Crippen LogP contribution in [0, 0.1) is 11.3 Å². The number of anilines is 1. The van der Waals surface area contributed by atoms with Crippen molar-refractivity contribution in [1.29, 1.82) is 5.26 Å². The van der Waals surface area contributed by atoms with E-state index in [1.54, 1.807) is 17.1 Å². The number of hydrogen-bond acceptors (Lipinski definition) is 7. The second-order valence-electron chi connectivity index (χ2n) is 9.19. The average Bonchev–Trinajstić information content (AvgIpc) is 3.50. The molecule has 1 aliphatic rings. The Kier molecular flexibility index (Phi) is 5.65. The number of hydrogen-bond donors (Lipinski definition) is 1. The summed E-state index contributed by atoms with van der Waals surface area (Å²) >= 11 is 0. The summed E-state index contributed by atoms with van der Waals surface area (Å²) in [6.07, 6.45) is 11.2. The van der Waals surface area contributed by atoms with Gasteiger partial charge in [0, 0.05) is 48.7 Å². The Hall–Kier alpha value is -3.93. The number of pyridine rings is 2. The summed E-state index contributed by atoms with van der Waals surface area (Å²) in [6, 6.07) is 10.3. The molecule has 1 saturated carbocycles. The van der Waals surface area contributed by atoms with Gasteiger partial charge in [-0.15, -0.1) is 0 Å². The summed E-state index contributed by atoms with van der Waals surface area (Å²) in [5.41, 5.74) is 2.01. The zero-order valence-electron chi connectivity index (χ0n) is 19.6. The number of nitrogens with one attached hydrogen (secondary N) is 1. The molecule has 0 unspecified atom stereocenters. The fraction of sp³-hybridized carbons (Fsp3) is 0.400. The van der Waals surface area contributed by atoms with Crippen molar-refractivity contribution in [2.45, 2.75) is 57.2 Å². The molecule has 1 aliphatic carbocycles. The van der Waals surface area contributed by atoms with Crippen LogP contribution in [0.1, 0.15) is 45.6 Å². The first-order valence-electron chi connectivity index (χ1n) is 11.6. The Morgan fingerprint density at radius 1 is 1.15 bits per heavy atom. The van der Waals surface area contributed by atoms with Gasteiger partial charge in [0.1, 0.15) is 23.2 Å². The molecule has 5 rings (SSSR count). The van der Waals surface area contributed by atoms with Crippen molar-refractivity contribution in [3.8, 4) is 23.2 Å². The molecule has 0 amide bonds. The van der Waals surface area contributed by atoms with Gasteiger partial charge >= 0.3 is 0 Å². The van der Waals surface area contributed by atoms with E-state index in [2.05, 4.69) is 31.1 Å². The second-order valence-corrected chi connectivity index (χ2v) is 9.19. The Labute approximate surface area is 198 Å². The van der Waals surface area contributed by atoms with Gasteiger partial charge in [-0.3, -0.25) is 9.36 Å². The molecule has 9 nitrogen and oxygen atoms in total. The number of aromatic nitrogens is 6. The van der Waals surface area contributed by atoms with E-state index in [0.29, 0.717) is 5.88 Å². The molecule has 0 aliphatic heterocycles. The molecule has 4 aromatic rings. The minimum atomic E-state index is -0.736. The summed E-state index contributed by atoms with van der Waals surface area (Å²) in [5.74, 6) is 1.48. The summed E-state index contributed by atoms with van der Waals surface area (Å²) in [7, 11) is 1.87. The van der Waals surface area contributed by atoms with Crippen molar-refractivity contribution in [1.82, 2.24) is 29.5 Å². The van der Waals surface area contributed by atoms with Gasteiger partial charge in [0.2, 0.25) is 5.88 Å². The molecule has 4 heterocycles. The van der Waals surface area contributed by atoms with Crippen LogP contribution in [-0.2, 0) is 5.54 Å². The van der Waals surface area contributed by atoms with Crippen molar-refractivity contribution in [3.63, 3.8) is 0 Å². The van der Waals surface area contributed by atoms with Crippen molar-refractivity contribution in [2.75, 3.05) is 12.4 Å². The van der Waals surface area contributed by atoms with Crippen LogP contribution in [0.5, 0.6) is 5.88 Å². The van der Waals surface area contributed by atoms with Gasteiger partial charge in [-0.1, -0.05) is 6.07 Å². The van der Waals surface area contributed by atoms with Crippen LogP contribution < -0.4 is 10.1 Å². The summed E-state index contributed by atoms with van der Waals surface area (Å²) < 4.78 is 9.90. The van der Waals surface area contributed by atoms with E-state index in [1.165, 1.54) is 0 Å². The molecule has 9 heteroatoms. The number of ether oxygens (including phenoxy) is 1. The smallest absolute Gasteiger partial charge is 0.213 e. The van der Waals surface area contributed by atoms with Gasteiger partial charge in [-0.05, 0) is 45.6 Å². The predicted molar refractivity (Wildman–Crippen MR) is 129 cm³/mol. The van der Waals surface area contributed by atoms with Gasteiger partial charge in [0.25, 0.3) is 0 Å². The quantitative estimate of drug-likeness (QED) is 0.453. The van der Waals surface area contributed by atoms with Crippen LogP contribution >= 0.6 is 0 Å². The molecule has 0 spiro atoms. The molecular formula is C25H28N8O. The molecule has 1 fully saturated rings. The SMILES string of the molecule is CNc1cc2c(cn1)c(-c1cnn(C(C)(C)C#N)c1)nn2C1CCC(Oc2ccccn2)CC1. The van der Waals surface area contributed by atoms with Crippen LogP contribution in [0.4, 0.5) is 5.82 Å². The van der Waals surface area contributed by atoms with Gasteiger partial charge in [0.15, 0.2) is 0 Å². The number of nitrogens with zero attached hydrogens (tertiary/aromatic N) is 7. The van der Waals surface area contributed by atoms with Crippen LogP contribution in [-0.4, -0.2) is 42.7 Å². The fourth-order valence-corrected chi connectivity index (χ4v) is 4.46. The minimum absolute atomic E-state index is 0.161. The molecule has 34 heavy (non-hydrogen) atoms. The Morgan fingerprint density at radius 3 is 2.68 bits per heavy atom. The molecule has 174 valence electrons. The largest absolute Gasteiger partial charge is 0.474 e. The zero-order chi connectivity index (χ0) is 23.7. The standard InChI is InChI=1S/C25H28N8O/c1-25(2,16-26)32-15-17(13-30-32)24-20-14-29-22(27-3)12-21(20)33(31-24)18-7-9-19(10-8-18)34-23-6-4-5-11-28-23/h4-6,11-15,18-19H,7-10H2,1-3H3,(H,27,29). The van der Waals surface area contributed by atoms with E-state index in [9.17, 15) is 5.26 Å². The monoisotopic (exact) mass is 456 g/mol. The van der Waals surface area contributed by atoms with Crippen molar-refractivity contribution >= 4 is 16.7 Å². The summed E-state index contributed by atoms with van der Waals surface area (Å²) in [5, 5.41) is 23.1. The topological polar surface area (TPSA) is 106 Å². The number of rotatable bonds is 6. The fourth-order valence-electron chi connectivity index (χ4n) is 4.46. The second kappa shape index (κ2) is 8.78. The maximum Gasteiger partial charge on any atom is 0.213 e. The predicted octanol–water partition coefficient (Wildman–Crippen LogP) is 4.55. The first-order chi connectivity index (χ1) is 16.5. The van der Waals surface area contributed by atoms with E-state index >= 15 is 0 Å². The molecule has 0 atom stereocenters. The van der Waals surface area contributed by atoms with Gasteiger partial charge in [-0.2, -0.15) is 15.5 Å². The lowest BCUT2D eigenvalue weighted by Crippen LogP contribution is -2.26. The first-order valence-corrected chi connectivity index (χ1v) is 11.6. The molecule has 0 aromatic carbocycles. The van der Waals surface area contributed by atoms with E-state index in [4.69, 9.17) is 9.84 Å². The van der Waals surface area contributed by atoms with E-state index in [0.717, 1.165) is 53.7 Å². The normalized spacial score (nSPS) is 18.5. The van der Waals surface area contributed by atoms with Crippen LogP contribution in [0.3, 0.4) is 0 Å². The summed E-state index contributed by atoms with van der Waals surface area (Å²) in [6.45, 7) is 3.68. The Balaban J connectivity index is 1.44. The van der Waals surface area contributed by atoms with E-state index < -0.39 is 5.54 Å². The van der Waals surface area contributed by atoms with Crippen LogP contribution in [0.15, 0.2) is 49.1 Å². The van der Waals surface area contributed by atoms with Gasteiger partial charge in [-0.25, -0.2) is 9.97 Å². The van der Waals surface area contributed by atoms with E-state index in [-0.39, 0.29) is 12.1 Å².